The Morgan fingerprint density at radius 2 is 2.18 bits per heavy atom. The first-order valence-electron chi connectivity index (χ1n) is 4.83. The van der Waals surface area contributed by atoms with Crippen LogP contribution in [0.25, 0.3) is 0 Å². The van der Waals surface area contributed by atoms with Crippen molar-refractivity contribution in [2.75, 3.05) is 13.1 Å². The Balaban J connectivity index is 3.12. The van der Waals surface area contributed by atoms with Crippen LogP contribution in [0, 0.1) is 6.92 Å². The van der Waals surface area contributed by atoms with Crippen LogP contribution in [-0.2, 0) is 14.8 Å². The minimum absolute atomic E-state index is 0.208. The number of aryl methyl sites for hydroxylation is 1. The molecule has 1 amide bonds. The van der Waals surface area contributed by atoms with Crippen molar-refractivity contribution in [1.82, 2.24) is 4.31 Å². The van der Waals surface area contributed by atoms with Crippen LogP contribution >= 0.6 is 27.3 Å². The van der Waals surface area contributed by atoms with Gasteiger partial charge in [0, 0.05) is 6.54 Å². The second-order valence-electron chi connectivity index (χ2n) is 3.42. The number of thiophene rings is 1. The van der Waals surface area contributed by atoms with Gasteiger partial charge in [0.25, 0.3) is 10.0 Å². The first kappa shape index (κ1) is 14.6. The molecule has 5 nitrogen and oxygen atoms in total. The highest BCUT2D eigenvalue weighted by Gasteiger charge is 2.26. The number of sulfonamides is 1. The summed E-state index contributed by atoms with van der Waals surface area (Å²) >= 11 is 4.40. The van der Waals surface area contributed by atoms with Gasteiger partial charge in [-0.05, 0) is 34.5 Å². The number of hydrogen-bond acceptors (Lipinski definition) is 4. The van der Waals surface area contributed by atoms with E-state index in [1.807, 2.05) is 6.92 Å². The van der Waals surface area contributed by atoms with Gasteiger partial charge >= 0.3 is 0 Å². The summed E-state index contributed by atoms with van der Waals surface area (Å²) < 4.78 is 26.4. The first-order valence-corrected chi connectivity index (χ1v) is 7.88. The quantitative estimate of drug-likeness (QED) is 0.877. The van der Waals surface area contributed by atoms with E-state index in [1.54, 1.807) is 13.0 Å². The topological polar surface area (TPSA) is 80.5 Å². The van der Waals surface area contributed by atoms with Gasteiger partial charge in [0.1, 0.15) is 4.21 Å². The van der Waals surface area contributed by atoms with Crippen LogP contribution < -0.4 is 5.73 Å². The molecule has 0 fully saturated rings. The number of rotatable bonds is 5. The van der Waals surface area contributed by atoms with Gasteiger partial charge in [-0.3, -0.25) is 4.79 Å². The average Bonchev–Trinajstić information content (AvgIpc) is 2.56. The summed E-state index contributed by atoms with van der Waals surface area (Å²) in [7, 11) is -3.63. The molecule has 0 saturated carbocycles. The molecule has 1 aromatic heterocycles. The third-order valence-corrected chi connectivity index (χ3v) is 6.62. The molecule has 1 heterocycles. The maximum Gasteiger partial charge on any atom is 0.253 e. The van der Waals surface area contributed by atoms with E-state index in [2.05, 4.69) is 15.9 Å². The summed E-state index contributed by atoms with van der Waals surface area (Å²) in [4.78, 5) is 10.8. The number of carbonyl (C=O) groups is 1. The largest absolute Gasteiger partial charge is 0.369 e. The molecular weight excluding hydrogens is 328 g/mol. The number of amides is 1. The molecule has 0 radical (unpaired) electrons. The molecule has 1 rings (SSSR count). The molecule has 0 aromatic carbocycles. The van der Waals surface area contributed by atoms with Crippen molar-refractivity contribution >= 4 is 43.2 Å². The van der Waals surface area contributed by atoms with Gasteiger partial charge in [0.15, 0.2) is 0 Å². The second-order valence-corrected chi connectivity index (χ2v) is 7.95. The van der Waals surface area contributed by atoms with Crippen LogP contribution in [0.2, 0.25) is 0 Å². The highest BCUT2D eigenvalue weighted by molar-refractivity contribution is 9.11. The lowest BCUT2D eigenvalue weighted by Gasteiger charge is -2.17. The van der Waals surface area contributed by atoms with E-state index < -0.39 is 15.9 Å². The molecule has 2 N–H and O–H groups in total. The van der Waals surface area contributed by atoms with Gasteiger partial charge in [-0.1, -0.05) is 6.92 Å². The standard InChI is InChI=1S/C9H13BrN2O3S2/c1-3-12(5-7(11)13)17(14,15)8-4-6(2)9(10)16-8/h4H,3,5H2,1-2H3,(H2,11,13). The lowest BCUT2D eigenvalue weighted by molar-refractivity contribution is -0.118. The monoisotopic (exact) mass is 340 g/mol. The molecule has 1 aromatic rings. The molecule has 0 saturated heterocycles. The Morgan fingerprint density at radius 3 is 2.53 bits per heavy atom. The molecule has 0 aliphatic rings. The SMILES string of the molecule is CCN(CC(N)=O)S(=O)(=O)c1cc(C)c(Br)s1. The van der Waals surface area contributed by atoms with E-state index in [4.69, 9.17) is 5.73 Å². The van der Waals surface area contributed by atoms with Gasteiger partial charge in [-0.25, -0.2) is 8.42 Å². The van der Waals surface area contributed by atoms with Crippen LogP contribution in [0.5, 0.6) is 0 Å². The molecule has 8 heteroatoms. The summed E-state index contributed by atoms with van der Waals surface area (Å²) in [6.45, 7) is 3.38. The van der Waals surface area contributed by atoms with Crippen LogP contribution in [-0.4, -0.2) is 31.7 Å². The van der Waals surface area contributed by atoms with Crippen molar-refractivity contribution in [2.24, 2.45) is 5.73 Å². The zero-order valence-corrected chi connectivity index (χ0v) is 12.7. The Bertz CT molecular complexity index is 505. The van der Waals surface area contributed by atoms with Crippen molar-refractivity contribution < 1.29 is 13.2 Å². The smallest absolute Gasteiger partial charge is 0.253 e. The number of nitrogens with two attached hydrogens (primary N) is 1. The first-order chi connectivity index (χ1) is 7.78. The zero-order chi connectivity index (χ0) is 13.2. The van der Waals surface area contributed by atoms with E-state index in [-0.39, 0.29) is 17.3 Å². The molecule has 0 bridgehead atoms. The fourth-order valence-corrected chi connectivity index (χ4v) is 5.02. The average molecular weight is 341 g/mol. The number of hydrogen-bond donors (Lipinski definition) is 1. The lowest BCUT2D eigenvalue weighted by atomic mass is 10.4. The van der Waals surface area contributed by atoms with E-state index in [0.29, 0.717) is 0 Å². The molecule has 0 aliphatic heterocycles. The minimum Gasteiger partial charge on any atom is -0.369 e. The summed E-state index contributed by atoms with van der Waals surface area (Å²) in [5, 5.41) is 0. The molecule has 0 aliphatic carbocycles. The maximum absolute atomic E-state index is 12.2. The Hall–Kier alpha value is -0.440. The molecular formula is C9H13BrN2O3S2. The van der Waals surface area contributed by atoms with Crippen LogP contribution in [0.1, 0.15) is 12.5 Å². The van der Waals surface area contributed by atoms with Crippen LogP contribution in [0.15, 0.2) is 14.1 Å². The van der Waals surface area contributed by atoms with Gasteiger partial charge in [0.05, 0.1) is 10.3 Å². The summed E-state index contributed by atoms with van der Waals surface area (Å²) in [6.07, 6.45) is 0. The lowest BCUT2D eigenvalue weighted by Crippen LogP contribution is -2.37. The summed E-state index contributed by atoms with van der Waals surface area (Å²) in [5.74, 6) is -0.664. The van der Waals surface area contributed by atoms with Crippen molar-refractivity contribution in [1.29, 1.82) is 0 Å². The number of carbonyl (C=O) groups excluding carboxylic acids is 1. The molecule has 0 atom stereocenters. The van der Waals surface area contributed by atoms with Gasteiger partial charge < -0.3 is 5.73 Å². The zero-order valence-electron chi connectivity index (χ0n) is 9.44. The van der Waals surface area contributed by atoms with Gasteiger partial charge in [-0.15, -0.1) is 11.3 Å². The third kappa shape index (κ3) is 3.27. The molecule has 0 spiro atoms. The maximum atomic E-state index is 12.2. The highest BCUT2D eigenvalue weighted by Crippen LogP contribution is 2.32. The second kappa shape index (κ2) is 5.47. The normalized spacial score (nSPS) is 12.0. The van der Waals surface area contributed by atoms with Gasteiger partial charge in [-0.2, -0.15) is 4.31 Å². The van der Waals surface area contributed by atoms with Crippen molar-refractivity contribution in [3.63, 3.8) is 0 Å². The van der Waals surface area contributed by atoms with Gasteiger partial charge in [0.2, 0.25) is 5.91 Å². The number of primary amides is 1. The fourth-order valence-electron chi connectivity index (χ4n) is 1.23. The fraction of sp³-hybridized carbons (Fsp3) is 0.444. The van der Waals surface area contributed by atoms with Crippen molar-refractivity contribution in [3.05, 3.63) is 15.4 Å². The van der Waals surface area contributed by atoms with Crippen LogP contribution in [0.3, 0.4) is 0 Å². The van der Waals surface area contributed by atoms with E-state index >= 15 is 0 Å². The van der Waals surface area contributed by atoms with E-state index in [9.17, 15) is 13.2 Å². The highest BCUT2D eigenvalue weighted by atomic mass is 79.9. The predicted octanol–water partition coefficient (Wildman–Crippen LogP) is 1.31. The van der Waals surface area contributed by atoms with Crippen molar-refractivity contribution in [2.45, 2.75) is 18.1 Å². The summed E-state index contributed by atoms with van der Waals surface area (Å²) in [6, 6.07) is 1.58. The Labute approximate surface area is 113 Å². The van der Waals surface area contributed by atoms with E-state index in [0.717, 1.165) is 25.0 Å². The minimum atomic E-state index is -3.63. The van der Waals surface area contributed by atoms with E-state index in [1.165, 1.54) is 0 Å². The molecule has 0 unspecified atom stereocenters. The third-order valence-electron chi connectivity index (χ3n) is 2.11. The molecule has 96 valence electrons. The number of nitrogens with zero attached hydrogens (tertiary/aromatic N) is 1. The predicted molar refractivity (Wildman–Crippen MR) is 70.4 cm³/mol. The molecule has 17 heavy (non-hydrogen) atoms. The van der Waals surface area contributed by atoms with Crippen molar-refractivity contribution in [3.8, 4) is 0 Å². The van der Waals surface area contributed by atoms with Crippen LogP contribution in [0.4, 0.5) is 0 Å². The Morgan fingerprint density at radius 1 is 1.59 bits per heavy atom. The number of halogens is 1. The Kier molecular flexibility index (Phi) is 4.70. The number of likely N-dealkylation sites (N-methyl/N-ethyl adjacent to an activating group) is 1. The summed E-state index contributed by atoms with van der Waals surface area (Å²) in [5.41, 5.74) is 5.88.